The molecule has 9 nitrogen and oxygen atoms in total. The van der Waals surface area contributed by atoms with Gasteiger partial charge in [-0.3, -0.25) is 9.59 Å². The molecule has 1 aromatic heterocycles. The molecule has 184 valence electrons. The molecular formula is C25H31NO8. The number of rotatable bonds is 10. The Morgan fingerprint density at radius 1 is 1.21 bits per heavy atom. The molecular weight excluding hydrogens is 442 g/mol. The molecule has 2 heterocycles. The van der Waals surface area contributed by atoms with E-state index < -0.39 is 17.1 Å². The van der Waals surface area contributed by atoms with E-state index in [9.17, 15) is 14.7 Å². The molecule has 1 fully saturated rings. The van der Waals surface area contributed by atoms with Crippen LogP contribution >= 0.6 is 0 Å². The quantitative estimate of drug-likeness (QED) is 0.525. The Morgan fingerprint density at radius 2 is 1.94 bits per heavy atom. The van der Waals surface area contributed by atoms with E-state index in [2.05, 4.69) is 6.58 Å². The van der Waals surface area contributed by atoms with Crippen molar-refractivity contribution in [3.05, 3.63) is 63.7 Å². The molecule has 1 atom stereocenters. The molecule has 0 radical (unpaired) electrons. The number of amides is 1. The Morgan fingerprint density at radius 3 is 2.59 bits per heavy atom. The number of carbonyl (C=O) groups excluding carboxylic acids is 1. The van der Waals surface area contributed by atoms with Gasteiger partial charge >= 0.3 is 0 Å². The van der Waals surface area contributed by atoms with Gasteiger partial charge < -0.3 is 33.4 Å². The predicted molar refractivity (Wildman–Crippen MR) is 125 cm³/mol. The van der Waals surface area contributed by atoms with Gasteiger partial charge in [0, 0.05) is 32.7 Å². The normalized spacial score (nSPS) is 14.5. The summed E-state index contributed by atoms with van der Waals surface area (Å²) in [6.45, 7) is 7.92. The largest absolute Gasteiger partial charge is 0.502 e. The van der Waals surface area contributed by atoms with Gasteiger partial charge in [0.05, 0.1) is 26.2 Å². The van der Waals surface area contributed by atoms with Crippen LogP contribution in [0.1, 0.15) is 36.3 Å². The fraction of sp³-hybridized carbons (Fsp3) is 0.440. The summed E-state index contributed by atoms with van der Waals surface area (Å²) in [6.07, 6.45) is -0.0257. The Kier molecular flexibility index (Phi) is 8.72. The molecule has 0 spiro atoms. The minimum Gasteiger partial charge on any atom is -0.502 e. The molecule has 0 aliphatic carbocycles. The van der Waals surface area contributed by atoms with E-state index in [1.807, 2.05) is 6.92 Å². The number of carbonyl (C=O) groups is 1. The Balaban J connectivity index is 2.04. The second kappa shape index (κ2) is 11.7. The highest BCUT2D eigenvalue weighted by Gasteiger charge is 2.29. The fourth-order valence-electron chi connectivity index (χ4n) is 3.70. The number of aromatic hydroxyl groups is 1. The zero-order valence-electron chi connectivity index (χ0n) is 19.8. The first kappa shape index (κ1) is 25.3. The van der Waals surface area contributed by atoms with Gasteiger partial charge in [0.15, 0.2) is 17.3 Å². The lowest BCUT2D eigenvalue weighted by atomic mass is 9.91. The molecule has 1 saturated heterocycles. The highest BCUT2D eigenvalue weighted by molar-refractivity contribution is 5.78. The SMILES string of the molecule is C=C(C)COc1ccc(C(CC(=O)N2CCOCC2)c2oc(COC)cc(=O)c2O)cc1OC. The molecule has 9 heteroatoms. The fourth-order valence-corrected chi connectivity index (χ4v) is 3.70. The molecule has 1 unspecified atom stereocenters. The van der Waals surface area contributed by atoms with Crippen LogP contribution in [0.15, 0.2) is 45.6 Å². The van der Waals surface area contributed by atoms with Crippen molar-refractivity contribution in [3.63, 3.8) is 0 Å². The monoisotopic (exact) mass is 473 g/mol. The van der Waals surface area contributed by atoms with Crippen molar-refractivity contribution in [1.82, 2.24) is 4.90 Å². The van der Waals surface area contributed by atoms with Crippen LogP contribution in [0.3, 0.4) is 0 Å². The summed E-state index contributed by atoms with van der Waals surface area (Å²) in [4.78, 5) is 27.3. The Hall–Kier alpha value is -3.30. The first-order valence-electron chi connectivity index (χ1n) is 11.0. The third kappa shape index (κ3) is 6.18. The molecule has 0 bridgehead atoms. The number of methoxy groups -OCH3 is 2. The smallest absolute Gasteiger partial charge is 0.227 e. The lowest BCUT2D eigenvalue weighted by Crippen LogP contribution is -2.41. The average Bonchev–Trinajstić information content (AvgIpc) is 2.84. The van der Waals surface area contributed by atoms with Crippen LogP contribution in [0.5, 0.6) is 17.2 Å². The number of benzene rings is 1. The third-order valence-electron chi connectivity index (χ3n) is 5.41. The second-order valence-corrected chi connectivity index (χ2v) is 8.13. The maximum atomic E-state index is 13.1. The van der Waals surface area contributed by atoms with Crippen LogP contribution in [0.4, 0.5) is 0 Å². The second-order valence-electron chi connectivity index (χ2n) is 8.13. The minimum absolute atomic E-state index is 0.00110. The van der Waals surface area contributed by atoms with Gasteiger partial charge in [0.25, 0.3) is 0 Å². The summed E-state index contributed by atoms with van der Waals surface area (Å²) in [5.41, 5.74) is 0.862. The number of morpholine rings is 1. The lowest BCUT2D eigenvalue weighted by molar-refractivity contribution is -0.135. The standard InChI is InChI=1S/C25H31NO8/c1-16(2)14-33-21-6-5-17(11-22(21)31-4)19(13-23(28)26-7-9-32-10-8-26)25-24(29)20(27)12-18(34-25)15-30-3/h5-6,11-12,19,29H,1,7-10,13-15H2,2-4H3. The van der Waals surface area contributed by atoms with Crippen molar-refractivity contribution >= 4 is 5.91 Å². The van der Waals surface area contributed by atoms with E-state index in [4.69, 9.17) is 23.4 Å². The summed E-state index contributed by atoms with van der Waals surface area (Å²) in [7, 11) is 2.98. The van der Waals surface area contributed by atoms with Crippen LogP contribution in [0.2, 0.25) is 0 Å². The van der Waals surface area contributed by atoms with E-state index in [-0.39, 0.29) is 30.5 Å². The van der Waals surface area contributed by atoms with Gasteiger partial charge in [-0.25, -0.2) is 0 Å². The van der Waals surface area contributed by atoms with Crippen LogP contribution in [-0.2, 0) is 20.9 Å². The van der Waals surface area contributed by atoms with Gasteiger partial charge in [-0.05, 0) is 30.2 Å². The summed E-state index contributed by atoms with van der Waals surface area (Å²) in [5.74, 6) is -0.237. The number of ether oxygens (including phenoxy) is 4. The molecule has 3 rings (SSSR count). The van der Waals surface area contributed by atoms with E-state index in [0.29, 0.717) is 50.0 Å². The molecule has 1 amide bonds. The molecule has 1 aromatic carbocycles. The third-order valence-corrected chi connectivity index (χ3v) is 5.41. The van der Waals surface area contributed by atoms with Crippen molar-refractivity contribution in [3.8, 4) is 17.2 Å². The van der Waals surface area contributed by atoms with Gasteiger partial charge in [0.2, 0.25) is 17.1 Å². The van der Waals surface area contributed by atoms with Gasteiger partial charge in [0.1, 0.15) is 19.0 Å². The average molecular weight is 474 g/mol. The van der Waals surface area contributed by atoms with Crippen molar-refractivity contribution < 1.29 is 33.3 Å². The first-order chi connectivity index (χ1) is 16.3. The molecule has 1 N–H and O–H groups in total. The highest BCUT2D eigenvalue weighted by Crippen LogP contribution is 2.38. The summed E-state index contributed by atoms with van der Waals surface area (Å²) in [5, 5.41) is 10.6. The van der Waals surface area contributed by atoms with E-state index in [0.717, 1.165) is 5.57 Å². The van der Waals surface area contributed by atoms with Crippen LogP contribution < -0.4 is 14.9 Å². The van der Waals surface area contributed by atoms with Crippen molar-refractivity contribution in [2.75, 3.05) is 47.1 Å². The Bertz CT molecular complexity index is 1070. The zero-order valence-corrected chi connectivity index (χ0v) is 19.8. The summed E-state index contributed by atoms with van der Waals surface area (Å²) >= 11 is 0. The predicted octanol–water partition coefficient (Wildman–Crippen LogP) is 2.84. The number of hydrogen-bond donors (Lipinski definition) is 1. The van der Waals surface area contributed by atoms with Crippen LogP contribution in [0.25, 0.3) is 0 Å². The van der Waals surface area contributed by atoms with Crippen LogP contribution in [0, 0.1) is 0 Å². The molecule has 2 aromatic rings. The molecule has 1 aliphatic heterocycles. The molecule has 34 heavy (non-hydrogen) atoms. The van der Waals surface area contributed by atoms with Gasteiger partial charge in [-0.1, -0.05) is 12.6 Å². The van der Waals surface area contributed by atoms with Crippen molar-refractivity contribution in [2.24, 2.45) is 0 Å². The highest BCUT2D eigenvalue weighted by atomic mass is 16.5. The topological polar surface area (TPSA) is 108 Å². The van der Waals surface area contributed by atoms with Crippen LogP contribution in [-0.4, -0.2) is 63.0 Å². The van der Waals surface area contributed by atoms with Crippen molar-refractivity contribution in [2.45, 2.75) is 25.9 Å². The minimum atomic E-state index is -0.746. The van der Waals surface area contributed by atoms with Crippen molar-refractivity contribution in [1.29, 1.82) is 0 Å². The molecule has 0 saturated carbocycles. The summed E-state index contributed by atoms with van der Waals surface area (Å²) < 4.78 is 27.5. The first-order valence-corrected chi connectivity index (χ1v) is 11.0. The lowest BCUT2D eigenvalue weighted by Gasteiger charge is -2.28. The number of hydrogen-bond acceptors (Lipinski definition) is 8. The number of nitrogens with zero attached hydrogens (tertiary/aromatic N) is 1. The zero-order chi connectivity index (χ0) is 24.7. The molecule has 1 aliphatic rings. The van der Waals surface area contributed by atoms with Gasteiger partial charge in [-0.15, -0.1) is 0 Å². The maximum Gasteiger partial charge on any atom is 0.227 e. The Labute approximate surface area is 198 Å². The van der Waals surface area contributed by atoms with E-state index in [1.54, 1.807) is 23.1 Å². The van der Waals surface area contributed by atoms with Gasteiger partial charge in [-0.2, -0.15) is 0 Å². The summed E-state index contributed by atoms with van der Waals surface area (Å²) in [6, 6.07) is 6.37. The van der Waals surface area contributed by atoms with E-state index in [1.165, 1.54) is 20.3 Å². The van der Waals surface area contributed by atoms with E-state index >= 15 is 0 Å². The maximum absolute atomic E-state index is 13.1.